The Morgan fingerprint density at radius 3 is 2.31 bits per heavy atom. The van der Waals surface area contributed by atoms with E-state index in [-0.39, 0.29) is 0 Å². The Kier molecular flexibility index (Phi) is 3.97. The number of alkyl halides is 3. The number of benzene rings is 1. The van der Waals surface area contributed by atoms with E-state index < -0.39 is 22.1 Å². The van der Waals surface area contributed by atoms with Crippen LogP contribution in [-0.2, 0) is 16.6 Å². The molecule has 0 saturated carbocycles. The van der Waals surface area contributed by atoms with Gasteiger partial charge in [-0.1, -0.05) is 34.1 Å². The van der Waals surface area contributed by atoms with E-state index in [2.05, 4.69) is 15.9 Å². The summed E-state index contributed by atoms with van der Waals surface area (Å²) in [5, 5.41) is 0. The van der Waals surface area contributed by atoms with E-state index in [1.807, 2.05) is 0 Å². The molecule has 1 aromatic carbocycles. The molecule has 0 aromatic heterocycles. The molecule has 3 nitrogen and oxygen atoms in total. The van der Waals surface area contributed by atoms with Crippen molar-refractivity contribution in [1.29, 1.82) is 0 Å². The molecule has 90 valence electrons. The van der Waals surface area contributed by atoms with Crippen molar-refractivity contribution in [2.75, 3.05) is 0 Å². The van der Waals surface area contributed by atoms with Crippen LogP contribution in [0.3, 0.4) is 0 Å². The fourth-order valence-electron chi connectivity index (χ4n) is 0.896. The number of rotatable bonds is 3. The van der Waals surface area contributed by atoms with Crippen molar-refractivity contribution in [3.05, 3.63) is 34.3 Å². The molecule has 0 unspecified atom stereocenters. The summed E-state index contributed by atoms with van der Waals surface area (Å²) in [7, 11) is -5.28. The molecule has 8 heteroatoms. The molecule has 1 rings (SSSR count). The molecule has 0 atom stereocenters. The first-order valence-electron chi connectivity index (χ1n) is 4.03. The SMILES string of the molecule is O=S(=O)(NCc1ccccc1Br)C(F)(F)F. The summed E-state index contributed by atoms with van der Waals surface area (Å²) < 4.78 is 59.3. The quantitative estimate of drug-likeness (QED) is 0.930. The molecule has 0 fully saturated rings. The van der Waals surface area contributed by atoms with Crippen molar-refractivity contribution in [2.45, 2.75) is 12.1 Å². The third kappa shape index (κ3) is 3.19. The van der Waals surface area contributed by atoms with Gasteiger partial charge in [-0.15, -0.1) is 0 Å². The Labute approximate surface area is 98.8 Å². The van der Waals surface area contributed by atoms with E-state index in [4.69, 9.17) is 0 Å². The van der Waals surface area contributed by atoms with Gasteiger partial charge in [-0.05, 0) is 11.6 Å². The second-order valence-corrected chi connectivity index (χ2v) is 5.47. The number of hydrogen-bond acceptors (Lipinski definition) is 2. The highest BCUT2D eigenvalue weighted by Gasteiger charge is 2.45. The van der Waals surface area contributed by atoms with Crippen LogP contribution in [0.5, 0.6) is 0 Å². The molecule has 0 spiro atoms. The summed E-state index contributed by atoms with van der Waals surface area (Å²) in [5.74, 6) is 0. The van der Waals surface area contributed by atoms with Gasteiger partial charge >= 0.3 is 15.5 Å². The number of sulfonamides is 1. The first-order chi connectivity index (χ1) is 7.24. The van der Waals surface area contributed by atoms with Gasteiger partial charge in [0.05, 0.1) is 0 Å². The molecule has 1 aromatic rings. The normalized spacial score (nSPS) is 12.8. The molecule has 0 aliphatic carbocycles. The van der Waals surface area contributed by atoms with E-state index in [9.17, 15) is 21.6 Å². The predicted octanol–water partition coefficient (Wildman–Crippen LogP) is 2.39. The highest BCUT2D eigenvalue weighted by Crippen LogP contribution is 2.23. The fourth-order valence-corrected chi connectivity index (χ4v) is 1.83. The smallest absolute Gasteiger partial charge is 0.203 e. The van der Waals surface area contributed by atoms with E-state index >= 15 is 0 Å². The van der Waals surface area contributed by atoms with Crippen molar-refractivity contribution in [2.24, 2.45) is 0 Å². The minimum Gasteiger partial charge on any atom is -0.203 e. The molecule has 16 heavy (non-hydrogen) atoms. The Bertz CT molecular complexity index is 472. The average Bonchev–Trinajstić information content (AvgIpc) is 2.15. The Hall–Kier alpha value is -0.600. The van der Waals surface area contributed by atoms with Gasteiger partial charge < -0.3 is 0 Å². The first-order valence-corrected chi connectivity index (χ1v) is 6.31. The Morgan fingerprint density at radius 1 is 1.25 bits per heavy atom. The molecule has 0 aliphatic rings. The zero-order valence-electron chi connectivity index (χ0n) is 7.75. The lowest BCUT2D eigenvalue weighted by molar-refractivity contribution is -0.0448. The van der Waals surface area contributed by atoms with E-state index in [0.29, 0.717) is 10.0 Å². The molecule has 1 N–H and O–H groups in total. The Balaban J connectivity index is 2.77. The van der Waals surface area contributed by atoms with Crippen LogP contribution in [0, 0.1) is 0 Å². The summed E-state index contributed by atoms with van der Waals surface area (Å²) in [6.07, 6.45) is 0. The summed E-state index contributed by atoms with van der Waals surface area (Å²) in [4.78, 5) is 0. The molecule has 0 saturated heterocycles. The van der Waals surface area contributed by atoms with Crippen LogP contribution in [-0.4, -0.2) is 13.9 Å². The maximum Gasteiger partial charge on any atom is 0.511 e. The minimum atomic E-state index is -5.28. The monoisotopic (exact) mass is 317 g/mol. The van der Waals surface area contributed by atoms with Gasteiger partial charge in [-0.2, -0.15) is 13.2 Å². The van der Waals surface area contributed by atoms with E-state index in [1.54, 1.807) is 18.2 Å². The van der Waals surface area contributed by atoms with Crippen molar-refractivity contribution < 1.29 is 21.6 Å². The second-order valence-electron chi connectivity index (χ2n) is 2.86. The van der Waals surface area contributed by atoms with Crippen LogP contribution in [0.1, 0.15) is 5.56 Å². The van der Waals surface area contributed by atoms with Gasteiger partial charge in [-0.3, -0.25) is 0 Å². The largest absolute Gasteiger partial charge is 0.511 e. The van der Waals surface area contributed by atoms with Crippen LogP contribution in [0.15, 0.2) is 28.7 Å². The Morgan fingerprint density at radius 2 is 1.81 bits per heavy atom. The molecule has 0 radical (unpaired) electrons. The van der Waals surface area contributed by atoms with Crippen molar-refractivity contribution in [3.63, 3.8) is 0 Å². The lowest BCUT2D eigenvalue weighted by atomic mass is 10.2. The number of hydrogen-bond donors (Lipinski definition) is 1. The van der Waals surface area contributed by atoms with Gasteiger partial charge in [0.15, 0.2) is 0 Å². The zero-order valence-corrected chi connectivity index (χ0v) is 10.2. The molecule has 0 bridgehead atoms. The summed E-state index contributed by atoms with van der Waals surface area (Å²) >= 11 is 3.10. The molecule has 0 amide bonds. The lowest BCUT2D eigenvalue weighted by Gasteiger charge is -2.10. The van der Waals surface area contributed by atoms with Crippen molar-refractivity contribution in [1.82, 2.24) is 4.72 Å². The predicted molar refractivity (Wildman–Crippen MR) is 56.0 cm³/mol. The highest BCUT2D eigenvalue weighted by molar-refractivity contribution is 9.10. The van der Waals surface area contributed by atoms with Gasteiger partial charge in [-0.25, -0.2) is 13.1 Å². The van der Waals surface area contributed by atoms with Crippen molar-refractivity contribution in [3.8, 4) is 0 Å². The lowest BCUT2D eigenvalue weighted by Crippen LogP contribution is -2.36. The summed E-state index contributed by atoms with van der Waals surface area (Å²) in [5.41, 5.74) is -4.86. The topological polar surface area (TPSA) is 46.2 Å². The third-order valence-corrected chi connectivity index (χ3v) is 3.62. The van der Waals surface area contributed by atoms with Gasteiger partial charge in [0.25, 0.3) is 0 Å². The maximum atomic E-state index is 12.0. The number of nitrogens with one attached hydrogen (secondary N) is 1. The average molecular weight is 318 g/mol. The molecule has 0 aliphatic heterocycles. The molecular weight excluding hydrogens is 311 g/mol. The van der Waals surface area contributed by atoms with Crippen LogP contribution in [0.4, 0.5) is 13.2 Å². The fraction of sp³-hybridized carbons (Fsp3) is 0.250. The highest BCUT2D eigenvalue weighted by atomic mass is 79.9. The van der Waals surface area contributed by atoms with Crippen LogP contribution in [0.2, 0.25) is 0 Å². The van der Waals surface area contributed by atoms with E-state index in [0.717, 1.165) is 0 Å². The summed E-state index contributed by atoms with van der Waals surface area (Å²) in [6.45, 7) is -0.413. The zero-order chi connectivity index (χ0) is 12.4. The van der Waals surface area contributed by atoms with Gasteiger partial charge in [0.2, 0.25) is 0 Å². The van der Waals surface area contributed by atoms with Crippen LogP contribution < -0.4 is 4.72 Å². The molecule has 0 heterocycles. The second kappa shape index (κ2) is 4.72. The third-order valence-electron chi connectivity index (χ3n) is 1.72. The maximum absolute atomic E-state index is 12.0. The van der Waals surface area contributed by atoms with Crippen LogP contribution >= 0.6 is 15.9 Å². The molecular formula is C8H7BrF3NO2S. The van der Waals surface area contributed by atoms with Crippen LogP contribution in [0.25, 0.3) is 0 Å². The minimum absolute atomic E-state index is 0.413. The van der Waals surface area contributed by atoms with Gasteiger partial charge in [0.1, 0.15) is 0 Å². The first kappa shape index (κ1) is 13.5. The number of halogens is 4. The summed E-state index contributed by atoms with van der Waals surface area (Å²) in [6, 6.07) is 6.40. The standard InChI is InChI=1S/C8H7BrF3NO2S/c9-7-4-2-1-3-6(7)5-13-16(14,15)8(10,11)12/h1-4,13H,5H2. The van der Waals surface area contributed by atoms with Crippen molar-refractivity contribution >= 4 is 26.0 Å². The van der Waals surface area contributed by atoms with Gasteiger partial charge in [0, 0.05) is 11.0 Å². The van der Waals surface area contributed by atoms with E-state index in [1.165, 1.54) is 10.8 Å².